The number of rotatable bonds is 4. The van der Waals surface area contributed by atoms with Crippen LogP contribution in [0.3, 0.4) is 0 Å². The molecular formula is C16H15FN2O. The van der Waals surface area contributed by atoms with Gasteiger partial charge in [-0.25, -0.2) is 9.82 Å². The SMILES string of the molecule is CC/C(=N\NC(=O)c1ccccc1)c1ccc(F)cc1. The van der Waals surface area contributed by atoms with E-state index in [2.05, 4.69) is 10.5 Å². The lowest BCUT2D eigenvalue weighted by Gasteiger charge is -2.05. The fourth-order valence-electron chi connectivity index (χ4n) is 1.76. The molecule has 0 aliphatic carbocycles. The summed E-state index contributed by atoms with van der Waals surface area (Å²) in [5, 5.41) is 4.11. The molecule has 0 aliphatic heterocycles. The number of benzene rings is 2. The van der Waals surface area contributed by atoms with Crippen LogP contribution in [0.2, 0.25) is 0 Å². The van der Waals surface area contributed by atoms with Gasteiger partial charge in [-0.1, -0.05) is 37.3 Å². The van der Waals surface area contributed by atoms with E-state index in [9.17, 15) is 9.18 Å². The minimum atomic E-state index is -0.294. The number of carbonyl (C=O) groups excluding carboxylic acids is 1. The molecule has 2 rings (SSSR count). The van der Waals surface area contributed by atoms with E-state index in [1.54, 1.807) is 36.4 Å². The molecule has 20 heavy (non-hydrogen) atoms. The lowest BCUT2D eigenvalue weighted by atomic mass is 10.1. The van der Waals surface area contributed by atoms with Gasteiger partial charge in [-0.05, 0) is 36.2 Å². The van der Waals surface area contributed by atoms with Crippen LogP contribution in [0.5, 0.6) is 0 Å². The predicted molar refractivity (Wildman–Crippen MR) is 77.1 cm³/mol. The molecule has 2 aromatic carbocycles. The summed E-state index contributed by atoms with van der Waals surface area (Å²) >= 11 is 0. The first-order chi connectivity index (χ1) is 9.70. The van der Waals surface area contributed by atoms with Crippen molar-refractivity contribution < 1.29 is 9.18 Å². The second-order valence-corrected chi connectivity index (χ2v) is 4.23. The van der Waals surface area contributed by atoms with Crippen LogP contribution in [0.25, 0.3) is 0 Å². The third-order valence-corrected chi connectivity index (χ3v) is 2.84. The van der Waals surface area contributed by atoms with Gasteiger partial charge in [0.1, 0.15) is 5.82 Å². The van der Waals surface area contributed by atoms with Gasteiger partial charge in [-0.15, -0.1) is 0 Å². The molecule has 0 radical (unpaired) electrons. The number of nitrogens with zero attached hydrogens (tertiary/aromatic N) is 1. The van der Waals surface area contributed by atoms with Gasteiger partial charge in [-0.2, -0.15) is 5.10 Å². The first kappa shape index (κ1) is 13.9. The van der Waals surface area contributed by atoms with E-state index in [0.29, 0.717) is 17.7 Å². The van der Waals surface area contributed by atoms with E-state index in [-0.39, 0.29) is 11.7 Å². The van der Waals surface area contributed by atoms with Crippen LogP contribution < -0.4 is 5.43 Å². The summed E-state index contributed by atoms with van der Waals surface area (Å²) in [5.41, 5.74) is 4.56. The van der Waals surface area contributed by atoms with Gasteiger partial charge in [0.2, 0.25) is 0 Å². The van der Waals surface area contributed by atoms with Crippen LogP contribution in [-0.2, 0) is 0 Å². The van der Waals surface area contributed by atoms with E-state index < -0.39 is 0 Å². The van der Waals surface area contributed by atoms with Crippen molar-refractivity contribution in [2.45, 2.75) is 13.3 Å². The summed E-state index contributed by atoms with van der Waals surface area (Å²) in [5.74, 6) is -0.559. The number of nitrogens with one attached hydrogen (secondary N) is 1. The van der Waals surface area contributed by atoms with Gasteiger partial charge in [-0.3, -0.25) is 4.79 Å². The highest BCUT2D eigenvalue weighted by atomic mass is 19.1. The molecule has 1 amide bonds. The second kappa shape index (κ2) is 6.61. The number of hydrogen-bond donors (Lipinski definition) is 1. The molecule has 4 heteroatoms. The maximum atomic E-state index is 12.9. The van der Waals surface area contributed by atoms with E-state index in [1.165, 1.54) is 12.1 Å². The van der Waals surface area contributed by atoms with Crippen LogP contribution in [0.4, 0.5) is 4.39 Å². The van der Waals surface area contributed by atoms with E-state index >= 15 is 0 Å². The van der Waals surface area contributed by atoms with Gasteiger partial charge in [0.15, 0.2) is 0 Å². The molecular weight excluding hydrogens is 255 g/mol. The Balaban J connectivity index is 2.12. The fraction of sp³-hybridized carbons (Fsp3) is 0.125. The van der Waals surface area contributed by atoms with Crippen molar-refractivity contribution in [2.75, 3.05) is 0 Å². The Kier molecular flexibility index (Phi) is 4.60. The normalized spacial score (nSPS) is 11.2. The zero-order valence-electron chi connectivity index (χ0n) is 11.1. The van der Waals surface area contributed by atoms with Gasteiger partial charge < -0.3 is 0 Å². The molecule has 3 nitrogen and oxygen atoms in total. The topological polar surface area (TPSA) is 41.5 Å². The largest absolute Gasteiger partial charge is 0.271 e. The van der Waals surface area contributed by atoms with Crippen LogP contribution >= 0.6 is 0 Å². The minimum Gasteiger partial charge on any atom is -0.267 e. The molecule has 0 saturated carbocycles. The Hall–Kier alpha value is -2.49. The summed E-state index contributed by atoms with van der Waals surface area (Å²) in [6.45, 7) is 1.93. The quantitative estimate of drug-likeness (QED) is 0.671. The lowest BCUT2D eigenvalue weighted by molar-refractivity contribution is 0.0955. The molecule has 2 aromatic rings. The van der Waals surface area contributed by atoms with Crippen molar-refractivity contribution in [2.24, 2.45) is 5.10 Å². The third-order valence-electron chi connectivity index (χ3n) is 2.84. The van der Waals surface area contributed by atoms with Crippen molar-refractivity contribution in [3.05, 3.63) is 71.5 Å². The number of hydrazone groups is 1. The monoisotopic (exact) mass is 270 g/mol. The molecule has 0 bridgehead atoms. The molecule has 1 N–H and O–H groups in total. The summed E-state index contributed by atoms with van der Waals surface area (Å²) < 4.78 is 12.9. The fourth-order valence-corrected chi connectivity index (χ4v) is 1.76. The Bertz CT molecular complexity index is 606. The Morgan fingerprint density at radius 2 is 1.70 bits per heavy atom. The number of halogens is 1. The smallest absolute Gasteiger partial charge is 0.267 e. The van der Waals surface area contributed by atoms with Crippen LogP contribution in [0, 0.1) is 5.82 Å². The lowest BCUT2D eigenvalue weighted by Crippen LogP contribution is -2.19. The molecule has 0 atom stereocenters. The third kappa shape index (κ3) is 3.51. The van der Waals surface area contributed by atoms with Gasteiger partial charge in [0, 0.05) is 5.56 Å². The van der Waals surface area contributed by atoms with Gasteiger partial charge in [0.25, 0.3) is 5.91 Å². The standard InChI is InChI=1S/C16H15FN2O/c1-2-15(12-8-10-14(17)11-9-12)18-19-16(20)13-6-4-3-5-7-13/h3-11H,2H2,1H3,(H,19,20)/b18-15+. The Labute approximate surface area is 117 Å². The highest BCUT2D eigenvalue weighted by molar-refractivity contribution is 6.02. The summed E-state index contributed by atoms with van der Waals surface area (Å²) in [7, 11) is 0. The van der Waals surface area contributed by atoms with Gasteiger partial charge >= 0.3 is 0 Å². The second-order valence-electron chi connectivity index (χ2n) is 4.23. The van der Waals surface area contributed by atoms with Crippen molar-refractivity contribution in [3.8, 4) is 0 Å². The number of carbonyl (C=O) groups is 1. The summed E-state index contributed by atoms with van der Waals surface area (Å²) in [6, 6.07) is 14.9. The Morgan fingerprint density at radius 1 is 1.05 bits per heavy atom. The van der Waals surface area contributed by atoms with Crippen molar-refractivity contribution >= 4 is 11.6 Å². The maximum absolute atomic E-state index is 12.9. The molecule has 102 valence electrons. The minimum absolute atomic E-state index is 0.265. The average Bonchev–Trinajstić information content (AvgIpc) is 2.50. The highest BCUT2D eigenvalue weighted by Crippen LogP contribution is 2.07. The number of hydrogen-bond acceptors (Lipinski definition) is 2. The zero-order chi connectivity index (χ0) is 14.4. The Morgan fingerprint density at radius 3 is 2.30 bits per heavy atom. The van der Waals surface area contributed by atoms with Crippen LogP contribution in [0.15, 0.2) is 59.7 Å². The zero-order valence-corrected chi connectivity index (χ0v) is 11.1. The van der Waals surface area contributed by atoms with Crippen LogP contribution in [0.1, 0.15) is 29.3 Å². The molecule has 0 heterocycles. The molecule has 0 unspecified atom stereocenters. The number of amides is 1. The maximum Gasteiger partial charge on any atom is 0.271 e. The van der Waals surface area contributed by atoms with Gasteiger partial charge in [0.05, 0.1) is 5.71 Å². The van der Waals surface area contributed by atoms with E-state index in [0.717, 1.165) is 5.56 Å². The molecule has 0 aromatic heterocycles. The van der Waals surface area contributed by atoms with E-state index in [1.807, 2.05) is 13.0 Å². The molecule has 0 saturated heterocycles. The van der Waals surface area contributed by atoms with Crippen molar-refractivity contribution in [3.63, 3.8) is 0 Å². The predicted octanol–water partition coefficient (Wildman–Crippen LogP) is 3.37. The summed E-state index contributed by atoms with van der Waals surface area (Å²) in [6.07, 6.45) is 0.640. The van der Waals surface area contributed by atoms with Crippen molar-refractivity contribution in [1.29, 1.82) is 0 Å². The molecule has 0 aliphatic rings. The average molecular weight is 270 g/mol. The molecule has 0 fully saturated rings. The van der Waals surface area contributed by atoms with Crippen LogP contribution in [-0.4, -0.2) is 11.6 Å². The summed E-state index contributed by atoms with van der Waals surface area (Å²) in [4.78, 5) is 11.9. The molecule has 0 spiro atoms. The first-order valence-corrected chi connectivity index (χ1v) is 6.38. The highest BCUT2D eigenvalue weighted by Gasteiger charge is 2.05. The first-order valence-electron chi connectivity index (χ1n) is 6.38. The van der Waals surface area contributed by atoms with Crippen molar-refractivity contribution in [1.82, 2.24) is 5.43 Å². The van der Waals surface area contributed by atoms with E-state index in [4.69, 9.17) is 0 Å².